The minimum Gasteiger partial charge on any atom is -0.489 e. The van der Waals surface area contributed by atoms with Crippen molar-refractivity contribution < 1.29 is 23.1 Å². The zero-order chi connectivity index (χ0) is 18.0. The Balaban J connectivity index is 1.68. The van der Waals surface area contributed by atoms with Crippen molar-refractivity contribution in [3.8, 4) is 5.75 Å². The molecule has 1 aliphatic rings. The highest BCUT2D eigenvalue weighted by Crippen LogP contribution is 2.24. The first-order chi connectivity index (χ1) is 11.8. The summed E-state index contributed by atoms with van der Waals surface area (Å²) < 4.78 is 28.7. The fourth-order valence-corrected chi connectivity index (χ4v) is 3.42. The number of sulfone groups is 1. The lowest BCUT2D eigenvalue weighted by molar-refractivity contribution is 0.140. The summed E-state index contributed by atoms with van der Waals surface area (Å²) in [4.78, 5) is 12.8. The van der Waals surface area contributed by atoms with E-state index in [1.165, 1.54) is 11.2 Å². The maximum Gasteiger partial charge on any atom is 0.407 e. The predicted molar refractivity (Wildman–Crippen MR) is 92.5 cm³/mol. The molecular formula is C18H19NO5S. The average Bonchev–Trinajstić information content (AvgIpc) is 2.58. The van der Waals surface area contributed by atoms with E-state index < -0.39 is 15.9 Å². The molecule has 1 heterocycles. The Bertz CT molecular complexity index is 890. The molecule has 0 unspecified atom stereocenters. The highest BCUT2D eigenvalue weighted by Gasteiger charge is 2.20. The monoisotopic (exact) mass is 361 g/mol. The third kappa shape index (κ3) is 4.11. The summed E-state index contributed by atoms with van der Waals surface area (Å²) in [5.41, 5.74) is 2.96. The van der Waals surface area contributed by atoms with Gasteiger partial charge in [-0.25, -0.2) is 13.2 Å². The molecule has 0 atom stereocenters. The second-order valence-electron chi connectivity index (χ2n) is 6.09. The standard InChI is InChI=1S/C18H19NO5S/c1-25(22,23)17-6-2-13(3-7-17)12-24-16-5-4-14-8-9-19(18(20)21)11-15(14)10-16/h2-7,10H,8-9,11-12H2,1H3,(H,20,21). The van der Waals surface area contributed by atoms with Crippen LogP contribution in [0.5, 0.6) is 5.75 Å². The largest absolute Gasteiger partial charge is 0.489 e. The maximum atomic E-state index is 11.5. The van der Waals surface area contributed by atoms with E-state index in [1.54, 1.807) is 24.3 Å². The van der Waals surface area contributed by atoms with Gasteiger partial charge in [-0.15, -0.1) is 0 Å². The van der Waals surface area contributed by atoms with Gasteiger partial charge in [0.15, 0.2) is 9.84 Å². The van der Waals surface area contributed by atoms with E-state index in [2.05, 4.69) is 0 Å². The summed E-state index contributed by atoms with van der Waals surface area (Å²) in [6.07, 6.45) is 0.962. The Morgan fingerprint density at radius 1 is 1.16 bits per heavy atom. The number of hydrogen-bond acceptors (Lipinski definition) is 4. The van der Waals surface area contributed by atoms with Gasteiger partial charge in [0.2, 0.25) is 0 Å². The molecule has 7 heteroatoms. The molecular weight excluding hydrogens is 342 g/mol. The number of carbonyl (C=O) groups is 1. The van der Waals surface area contributed by atoms with E-state index in [4.69, 9.17) is 9.84 Å². The Morgan fingerprint density at radius 2 is 1.88 bits per heavy atom. The highest BCUT2D eigenvalue weighted by molar-refractivity contribution is 7.90. The van der Waals surface area contributed by atoms with Crippen molar-refractivity contribution in [3.05, 3.63) is 59.2 Å². The van der Waals surface area contributed by atoms with Crippen LogP contribution in [0.3, 0.4) is 0 Å². The second kappa shape index (κ2) is 6.76. The summed E-state index contributed by atoms with van der Waals surface area (Å²) >= 11 is 0. The molecule has 25 heavy (non-hydrogen) atoms. The summed E-state index contributed by atoms with van der Waals surface area (Å²) in [7, 11) is -3.20. The Hall–Kier alpha value is -2.54. The SMILES string of the molecule is CS(=O)(=O)c1ccc(COc2ccc3c(c2)CN(C(=O)O)CC3)cc1. The zero-order valence-corrected chi connectivity index (χ0v) is 14.6. The topological polar surface area (TPSA) is 83.9 Å². The van der Waals surface area contributed by atoms with E-state index in [1.807, 2.05) is 18.2 Å². The molecule has 0 bridgehead atoms. The molecule has 2 aromatic rings. The number of amides is 1. The Labute approximate surface area is 146 Å². The van der Waals surface area contributed by atoms with Crippen LogP contribution < -0.4 is 4.74 Å². The fourth-order valence-electron chi connectivity index (χ4n) is 2.79. The van der Waals surface area contributed by atoms with Gasteiger partial charge in [0.25, 0.3) is 0 Å². The van der Waals surface area contributed by atoms with Crippen LogP contribution in [-0.2, 0) is 29.4 Å². The molecule has 1 aliphatic heterocycles. The van der Waals surface area contributed by atoms with Gasteiger partial charge in [0.05, 0.1) is 4.90 Å². The minimum absolute atomic E-state index is 0.277. The third-order valence-electron chi connectivity index (χ3n) is 4.22. The van der Waals surface area contributed by atoms with Gasteiger partial charge < -0.3 is 14.7 Å². The van der Waals surface area contributed by atoms with Gasteiger partial charge in [-0.05, 0) is 47.4 Å². The van der Waals surface area contributed by atoms with Crippen LogP contribution in [0.1, 0.15) is 16.7 Å². The molecule has 6 nitrogen and oxygen atoms in total. The number of ether oxygens (including phenoxy) is 1. The van der Waals surface area contributed by atoms with Gasteiger partial charge in [-0.1, -0.05) is 18.2 Å². The van der Waals surface area contributed by atoms with Crippen LogP contribution >= 0.6 is 0 Å². The first-order valence-electron chi connectivity index (χ1n) is 7.84. The van der Waals surface area contributed by atoms with Gasteiger partial charge in [0, 0.05) is 19.3 Å². The van der Waals surface area contributed by atoms with Crippen LogP contribution in [0.4, 0.5) is 4.79 Å². The number of benzene rings is 2. The highest BCUT2D eigenvalue weighted by atomic mass is 32.2. The first kappa shape index (κ1) is 17.3. The van der Waals surface area contributed by atoms with Gasteiger partial charge in [-0.2, -0.15) is 0 Å². The second-order valence-corrected chi connectivity index (χ2v) is 8.11. The third-order valence-corrected chi connectivity index (χ3v) is 5.35. The molecule has 1 amide bonds. The summed E-state index contributed by atoms with van der Waals surface area (Å²) in [5.74, 6) is 0.665. The van der Waals surface area contributed by atoms with Crippen molar-refractivity contribution in [3.63, 3.8) is 0 Å². The van der Waals surface area contributed by atoms with E-state index in [-0.39, 0.29) is 4.90 Å². The van der Waals surface area contributed by atoms with E-state index in [0.717, 1.165) is 16.7 Å². The summed E-state index contributed by atoms with van der Waals surface area (Å²) in [5, 5.41) is 9.12. The van der Waals surface area contributed by atoms with Gasteiger partial charge >= 0.3 is 6.09 Å². The minimum atomic E-state index is -3.20. The number of hydrogen-bond donors (Lipinski definition) is 1. The van der Waals surface area contributed by atoms with E-state index in [9.17, 15) is 13.2 Å². The fraction of sp³-hybridized carbons (Fsp3) is 0.278. The zero-order valence-electron chi connectivity index (χ0n) is 13.8. The molecule has 0 spiro atoms. The number of fused-ring (bicyclic) bond motifs is 1. The van der Waals surface area contributed by atoms with Crippen molar-refractivity contribution in [2.75, 3.05) is 12.8 Å². The average molecular weight is 361 g/mol. The van der Waals surface area contributed by atoms with Crippen LogP contribution in [0.2, 0.25) is 0 Å². The molecule has 0 fully saturated rings. The van der Waals surface area contributed by atoms with Crippen molar-refractivity contribution >= 4 is 15.9 Å². The van der Waals surface area contributed by atoms with Crippen molar-refractivity contribution in [1.29, 1.82) is 0 Å². The van der Waals surface area contributed by atoms with Crippen LogP contribution in [0, 0.1) is 0 Å². The van der Waals surface area contributed by atoms with Crippen molar-refractivity contribution in [2.45, 2.75) is 24.5 Å². The number of rotatable bonds is 4. The molecule has 0 aromatic heterocycles. The molecule has 3 rings (SSSR count). The van der Waals surface area contributed by atoms with E-state index >= 15 is 0 Å². The molecule has 1 N–H and O–H groups in total. The molecule has 0 saturated heterocycles. The van der Waals surface area contributed by atoms with Crippen molar-refractivity contribution in [1.82, 2.24) is 4.90 Å². The molecule has 0 radical (unpaired) electrons. The lowest BCUT2D eigenvalue weighted by Crippen LogP contribution is -2.34. The molecule has 0 saturated carbocycles. The van der Waals surface area contributed by atoms with Crippen molar-refractivity contribution in [2.24, 2.45) is 0 Å². The van der Waals surface area contributed by atoms with Crippen LogP contribution in [-0.4, -0.2) is 37.3 Å². The summed E-state index contributed by atoms with van der Waals surface area (Å²) in [6.45, 7) is 1.19. The number of nitrogens with zero attached hydrogens (tertiary/aromatic N) is 1. The summed E-state index contributed by atoms with van der Waals surface area (Å²) in [6, 6.07) is 12.3. The Morgan fingerprint density at radius 3 is 2.52 bits per heavy atom. The van der Waals surface area contributed by atoms with Crippen LogP contribution in [0.25, 0.3) is 0 Å². The maximum absolute atomic E-state index is 11.5. The van der Waals surface area contributed by atoms with E-state index in [0.29, 0.717) is 31.9 Å². The predicted octanol–water partition coefficient (Wildman–Crippen LogP) is 2.71. The smallest absolute Gasteiger partial charge is 0.407 e. The quantitative estimate of drug-likeness (QED) is 0.905. The Kier molecular flexibility index (Phi) is 4.67. The first-order valence-corrected chi connectivity index (χ1v) is 9.73. The van der Waals surface area contributed by atoms with Gasteiger partial charge in [0.1, 0.15) is 12.4 Å². The van der Waals surface area contributed by atoms with Gasteiger partial charge in [-0.3, -0.25) is 0 Å². The number of carboxylic acid groups (broad SMARTS) is 1. The van der Waals surface area contributed by atoms with Crippen LogP contribution in [0.15, 0.2) is 47.4 Å². The lowest BCUT2D eigenvalue weighted by atomic mass is 10.00. The molecule has 132 valence electrons. The molecule has 2 aromatic carbocycles. The normalized spacial score (nSPS) is 14.0. The lowest BCUT2D eigenvalue weighted by Gasteiger charge is -2.26. The molecule has 0 aliphatic carbocycles.